The van der Waals surface area contributed by atoms with Gasteiger partial charge in [-0.25, -0.2) is 38.4 Å². The molecule has 7 N–H and O–H groups in total. The highest BCUT2D eigenvalue weighted by Crippen LogP contribution is 2.64. The van der Waals surface area contributed by atoms with Crippen molar-refractivity contribution in [2.24, 2.45) is 5.92 Å². The molecule has 71 heavy (non-hydrogen) atoms. The van der Waals surface area contributed by atoms with Crippen LogP contribution in [0.5, 0.6) is 5.88 Å². The third-order valence-corrected chi connectivity index (χ3v) is 16.2. The van der Waals surface area contributed by atoms with Crippen LogP contribution in [0.25, 0.3) is 22.3 Å². The van der Waals surface area contributed by atoms with Crippen molar-refractivity contribution in [3.63, 3.8) is 0 Å². The topological polar surface area (TPSA) is 357 Å². The molecule has 3 saturated heterocycles. The molecule has 1 aromatic carbocycles. The van der Waals surface area contributed by atoms with Gasteiger partial charge in [0.2, 0.25) is 23.6 Å². The lowest BCUT2D eigenvalue weighted by Crippen LogP contribution is -2.53. The fraction of sp³-hybridized carbons (Fsp3) is 0.500. The number of nitrogen functional groups attached to an aromatic ring is 1. The molecule has 27 nitrogen and oxygen atoms in total. The Morgan fingerprint density at radius 2 is 1.56 bits per heavy atom. The lowest BCUT2D eigenvalue weighted by Gasteiger charge is -2.28. The average molecular weight is 1050 g/mol. The second kappa shape index (κ2) is 21.5. The number of esters is 1. The van der Waals surface area contributed by atoms with E-state index in [2.05, 4.69) is 50.6 Å². The number of phosphoric acid groups is 1. The number of nitrogens with two attached hydrogens (primary N) is 1. The molecule has 3 aliphatic heterocycles. The van der Waals surface area contributed by atoms with Crippen LogP contribution in [-0.4, -0.2) is 136 Å². The van der Waals surface area contributed by atoms with Gasteiger partial charge in [0.1, 0.15) is 60.9 Å². The van der Waals surface area contributed by atoms with Gasteiger partial charge < -0.3 is 45.9 Å². The van der Waals surface area contributed by atoms with E-state index in [1.54, 1.807) is 38.1 Å². The average Bonchev–Trinajstić information content (AvgIpc) is 4.13. The standard InChI is InChI=1S/C40H49FN12O15P2S/c1-19(2)30(51-26(54)9-10-28(55)62-4)39(58)49-20(3)37(56)50-22-7-5-21(6-8-22)14-71-70(61)64-13-25-33(29(41)40(66-25)53-18-47-31-34(42)43-15-44-35(31)53)68-69(59,60)63-12-24-23(67-70)11-27(65-24)52-17-48-32-36(52)45-16-46-38(32)57/h5-8,15-20,23-25,27,29-30,33,40H,9-14H2,1-4H3,(H,49,58)(H,50,56)(H,51,54)(H,59,60)(H2,42,43,44)(H,45,46,57)/t20-,23-,24+,25+,27+,29+,30-,33+,40+,70?/m0/s1. The molecule has 0 spiro atoms. The van der Waals surface area contributed by atoms with Gasteiger partial charge in [0.05, 0.1) is 39.4 Å². The monoisotopic (exact) mass is 1050 g/mol. The Balaban J connectivity index is 0.976. The Hall–Kier alpha value is -5.74. The molecule has 8 rings (SSSR count). The SMILES string of the molecule is COC(=O)CCC(=O)N[C@H](C(=O)N[C@@H](C)C(=O)Nc1ccc(CSP2(=O)OC[C@H]3O[C@@H](n4cnc5c(N)ncnc54)[C@H](F)[C@@H]3OP(=O)(O)OC[C@H]3O[C@@H](n4cnc5c(O)ncnc54)C[C@@H]3O2)cc1)C(C)C. The van der Waals surface area contributed by atoms with E-state index < -0.39 is 113 Å². The predicted molar refractivity (Wildman–Crippen MR) is 245 cm³/mol. The number of amides is 3. The Morgan fingerprint density at radius 3 is 2.30 bits per heavy atom. The summed E-state index contributed by atoms with van der Waals surface area (Å²) in [5, 5.41) is 18.2. The minimum atomic E-state index is -5.11. The summed E-state index contributed by atoms with van der Waals surface area (Å²) in [6.07, 6.45) is -6.06. The fourth-order valence-electron chi connectivity index (χ4n) is 7.75. The number of alkyl halides is 1. The van der Waals surface area contributed by atoms with Crippen molar-refractivity contribution in [1.82, 2.24) is 49.7 Å². The number of imidazole rings is 2. The zero-order chi connectivity index (χ0) is 50.8. The molecule has 382 valence electrons. The summed E-state index contributed by atoms with van der Waals surface area (Å²) in [6.45, 7) is -0.884. The number of phosphoric ester groups is 1. The number of nitrogens with zero attached hydrogens (tertiary/aromatic N) is 8. The molecular formula is C40H49FN12O15P2S. The van der Waals surface area contributed by atoms with E-state index in [1.165, 1.54) is 35.8 Å². The van der Waals surface area contributed by atoms with Gasteiger partial charge in [0.25, 0.3) is 0 Å². The molecule has 2 unspecified atom stereocenters. The number of halogens is 1. The number of nitrogens with one attached hydrogen (secondary N) is 3. The van der Waals surface area contributed by atoms with E-state index in [9.17, 15) is 33.7 Å². The fourth-order valence-corrected chi connectivity index (χ4v) is 12.1. The highest BCUT2D eigenvalue weighted by molar-refractivity contribution is 8.54. The number of ether oxygens (including phenoxy) is 3. The van der Waals surface area contributed by atoms with E-state index in [-0.39, 0.29) is 59.1 Å². The number of aromatic nitrogens is 8. The second-order valence-corrected chi connectivity index (χ2v) is 22.2. The van der Waals surface area contributed by atoms with Gasteiger partial charge in [-0.15, -0.1) is 0 Å². The van der Waals surface area contributed by atoms with E-state index in [0.717, 1.165) is 24.0 Å². The number of methoxy groups -OCH3 is 1. The van der Waals surface area contributed by atoms with Crippen molar-refractivity contribution in [2.75, 3.05) is 31.4 Å². The zero-order valence-corrected chi connectivity index (χ0v) is 40.8. The molecule has 31 heteroatoms. The van der Waals surface area contributed by atoms with Crippen LogP contribution >= 0.6 is 26.0 Å². The molecule has 7 heterocycles. The molecule has 3 amide bonds. The largest absolute Gasteiger partial charge is 0.492 e. The maximum atomic E-state index is 16.5. The van der Waals surface area contributed by atoms with Crippen LogP contribution < -0.4 is 21.7 Å². The number of anilines is 2. The van der Waals surface area contributed by atoms with Crippen molar-refractivity contribution in [3.05, 3.63) is 55.1 Å². The van der Waals surface area contributed by atoms with Gasteiger partial charge in [0.15, 0.2) is 35.0 Å². The van der Waals surface area contributed by atoms with Gasteiger partial charge in [-0.2, -0.15) is 4.98 Å². The van der Waals surface area contributed by atoms with Crippen molar-refractivity contribution in [2.45, 2.75) is 101 Å². The summed E-state index contributed by atoms with van der Waals surface area (Å²) in [5.41, 5.74) is 7.32. The maximum Gasteiger partial charge on any atom is 0.472 e. The smallest absolute Gasteiger partial charge is 0.472 e. The van der Waals surface area contributed by atoms with Gasteiger partial charge in [-0.3, -0.25) is 46.4 Å². The highest BCUT2D eigenvalue weighted by Gasteiger charge is 2.53. The minimum absolute atomic E-state index is 0.00506. The Bertz CT molecular complexity index is 2880. The third kappa shape index (κ3) is 11.8. The molecule has 3 aliphatic rings. The molecule has 4 aromatic heterocycles. The summed E-state index contributed by atoms with van der Waals surface area (Å²) in [6, 6.07) is 4.37. The van der Waals surface area contributed by atoms with Crippen LogP contribution in [0.1, 0.15) is 58.1 Å². The molecule has 0 aliphatic carbocycles. The van der Waals surface area contributed by atoms with Crippen molar-refractivity contribution in [3.8, 4) is 5.88 Å². The highest BCUT2D eigenvalue weighted by atomic mass is 32.7. The van der Waals surface area contributed by atoms with Crippen LogP contribution in [0.2, 0.25) is 0 Å². The summed E-state index contributed by atoms with van der Waals surface area (Å²) in [5.74, 6) is -3.06. The number of hydrogen-bond donors (Lipinski definition) is 6. The van der Waals surface area contributed by atoms with Crippen molar-refractivity contribution in [1.29, 1.82) is 0 Å². The Morgan fingerprint density at radius 1 is 0.873 bits per heavy atom. The van der Waals surface area contributed by atoms with Crippen LogP contribution in [0.3, 0.4) is 0 Å². The van der Waals surface area contributed by atoms with Crippen molar-refractivity contribution < 1.29 is 75.0 Å². The normalized spacial score (nSPS) is 27.7. The predicted octanol–water partition coefficient (Wildman–Crippen LogP) is 2.97. The summed E-state index contributed by atoms with van der Waals surface area (Å²) in [4.78, 5) is 85.4. The minimum Gasteiger partial charge on any atom is -0.492 e. The van der Waals surface area contributed by atoms with Gasteiger partial charge >= 0.3 is 20.6 Å². The first-order valence-corrected chi connectivity index (χ1v) is 26.5. The van der Waals surface area contributed by atoms with E-state index in [0.29, 0.717) is 11.3 Å². The van der Waals surface area contributed by atoms with E-state index >= 15 is 8.96 Å². The van der Waals surface area contributed by atoms with Crippen LogP contribution in [0.15, 0.2) is 49.6 Å². The first-order valence-electron chi connectivity index (χ1n) is 21.9. The maximum absolute atomic E-state index is 16.5. The summed E-state index contributed by atoms with van der Waals surface area (Å²) >= 11 is 0.752. The number of fused-ring (bicyclic) bond motifs is 4. The van der Waals surface area contributed by atoms with E-state index in [4.69, 9.17) is 33.3 Å². The molecule has 0 radical (unpaired) electrons. The second-order valence-electron chi connectivity index (χ2n) is 16.8. The number of carbonyl (C=O) groups excluding carboxylic acids is 4. The quantitative estimate of drug-likeness (QED) is 0.0687. The number of rotatable bonds is 14. The molecule has 0 saturated carbocycles. The van der Waals surface area contributed by atoms with Gasteiger partial charge in [0, 0.05) is 24.3 Å². The molecule has 0 bridgehead atoms. The molecule has 3 fully saturated rings. The van der Waals surface area contributed by atoms with Crippen LogP contribution in [-0.2, 0) is 66.4 Å². The Labute approximate surface area is 406 Å². The number of carbonyl (C=O) groups is 4. The lowest BCUT2D eigenvalue weighted by molar-refractivity contribution is -0.142. The molecule has 5 aromatic rings. The third-order valence-electron chi connectivity index (χ3n) is 11.5. The van der Waals surface area contributed by atoms with Crippen LogP contribution in [0.4, 0.5) is 15.9 Å². The van der Waals surface area contributed by atoms with Gasteiger partial charge in [-0.1, -0.05) is 26.0 Å². The first kappa shape index (κ1) is 51.6. The zero-order valence-electron chi connectivity index (χ0n) is 38.2. The number of benzene rings is 1. The number of hydrogen-bond acceptors (Lipinski definition) is 22. The van der Waals surface area contributed by atoms with Gasteiger partial charge in [-0.05, 0) is 41.9 Å². The van der Waals surface area contributed by atoms with E-state index in [1.807, 2.05) is 0 Å². The molecule has 11 atom stereocenters. The van der Waals surface area contributed by atoms with Crippen LogP contribution in [0, 0.1) is 5.92 Å². The first-order chi connectivity index (χ1) is 33.8. The summed E-state index contributed by atoms with van der Waals surface area (Å²) in [7, 11) is -3.91. The summed E-state index contributed by atoms with van der Waals surface area (Å²) < 4.78 is 87.7. The number of aromatic hydroxyl groups is 1. The molecular weight excluding hydrogens is 1000 g/mol. The Kier molecular flexibility index (Phi) is 15.7. The van der Waals surface area contributed by atoms with Crippen molar-refractivity contribution >= 4 is 83.5 Å². The lowest BCUT2D eigenvalue weighted by atomic mass is 10.0.